The number of para-hydroxylation sites is 2. The Hall–Kier alpha value is -1.90. The van der Waals surface area contributed by atoms with Crippen molar-refractivity contribution in [3.63, 3.8) is 0 Å². The van der Waals surface area contributed by atoms with E-state index in [2.05, 4.69) is 9.97 Å². The molecule has 0 fully saturated rings. The van der Waals surface area contributed by atoms with Crippen LogP contribution in [0.2, 0.25) is 0 Å². The first-order valence-electron chi connectivity index (χ1n) is 4.51. The van der Waals surface area contributed by atoms with Crippen LogP contribution in [0.15, 0.2) is 36.7 Å². The van der Waals surface area contributed by atoms with Crippen LogP contribution in [-0.4, -0.2) is 14.5 Å². The summed E-state index contributed by atoms with van der Waals surface area (Å²) in [7, 11) is 1.98. The first-order chi connectivity index (χ1) is 6.83. The van der Waals surface area contributed by atoms with Gasteiger partial charge in [-0.1, -0.05) is 12.1 Å². The molecule has 0 N–H and O–H groups in total. The molecule has 0 saturated carbocycles. The first kappa shape index (κ1) is 7.50. The molecule has 3 aromatic rings. The molecule has 3 rings (SSSR count). The van der Waals surface area contributed by atoms with Crippen LogP contribution in [0.1, 0.15) is 0 Å². The summed E-state index contributed by atoms with van der Waals surface area (Å²) in [5.74, 6) is 0. The molecule has 2 heterocycles. The molecule has 0 atom stereocenters. The molecule has 0 saturated heterocycles. The van der Waals surface area contributed by atoms with Gasteiger partial charge in [0.2, 0.25) is 0 Å². The van der Waals surface area contributed by atoms with Crippen molar-refractivity contribution >= 4 is 22.1 Å². The second kappa shape index (κ2) is 2.54. The molecule has 1 aromatic carbocycles. The highest BCUT2D eigenvalue weighted by molar-refractivity contribution is 5.85. The minimum Gasteiger partial charge on any atom is -0.353 e. The van der Waals surface area contributed by atoms with Crippen LogP contribution < -0.4 is 0 Å². The predicted molar refractivity (Wildman–Crippen MR) is 56.0 cm³/mol. The van der Waals surface area contributed by atoms with Gasteiger partial charge < -0.3 is 4.57 Å². The third-order valence-electron chi connectivity index (χ3n) is 2.28. The maximum absolute atomic E-state index is 4.52. The zero-order chi connectivity index (χ0) is 9.54. The summed E-state index contributed by atoms with van der Waals surface area (Å²) in [4.78, 5) is 9.03. The van der Waals surface area contributed by atoms with E-state index < -0.39 is 0 Å². The van der Waals surface area contributed by atoms with E-state index in [4.69, 9.17) is 0 Å². The topological polar surface area (TPSA) is 30.7 Å². The summed E-state index contributed by atoms with van der Waals surface area (Å²) >= 11 is 0. The first-order valence-corrected chi connectivity index (χ1v) is 4.51. The van der Waals surface area contributed by atoms with E-state index >= 15 is 0 Å². The van der Waals surface area contributed by atoms with Crippen LogP contribution in [-0.2, 0) is 7.05 Å². The van der Waals surface area contributed by atoms with Gasteiger partial charge in [-0.05, 0) is 12.1 Å². The van der Waals surface area contributed by atoms with Gasteiger partial charge in [0.05, 0.1) is 11.0 Å². The third kappa shape index (κ3) is 0.988. The lowest BCUT2D eigenvalue weighted by Gasteiger charge is -1.94. The van der Waals surface area contributed by atoms with Crippen LogP contribution in [0, 0.1) is 0 Å². The van der Waals surface area contributed by atoms with Crippen molar-refractivity contribution in [3.8, 4) is 0 Å². The van der Waals surface area contributed by atoms with E-state index in [9.17, 15) is 0 Å². The zero-order valence-electron chi connectivity index (χ0n) is 7.81. The van der Waals surface area contributed by atoms with Crippen LogP contribution in [0.25, 0.3) is 22.1 Å². The van der Waals surface area contributed by atoms with Gasteiger partial charge in [-0.25, -0.2) is 9.97 Å². The Balaban J connectivity index is 2.51. The van der Waals surface area contributed by atoms with Crippen molar-refractivity contribution in [2.24, 2.45) is 7.05 Å². The van der Waals surface area contributed by atoms with E-state index in [1.807, 2.05) is 48.3 Å². The van der Waals surface area contributed by atoms with Gasteiger partial charge in [0.15, 0.2) is 0 Å². The van der Waals surface area contributed by atoms with Gasteiger partial charge in [0.1, 0.15) is 11.0 Å². The minimum absolute atomic E-state index is 0.950. The summed E-state index contributed by atoms with van der Waals surface area (Å²) < 4.78 is 1.98. The molecule has 2 aromatic heterocycles. The highest BCUT2D eigenvalue weighted by Gasteiger charge is 2.01. The van der Waals surface area contributed by atoms with Crippen LogP contribution >= 0.6 is 0 Å². The highest BCUT2D eigenvalue weighted by Crippen LogP contribution is 2.15. The average molecular weight is 183 g/mol. The molecule has 0 bridgehead atoms. The maximum Gasteiger partial charge on any atom is 0.107 e. The van der Waals surface area contributed by atoms with E-state index in [0.29, 0.717) is 0 Å². The Morgan fingerprint density at radius 3 is 1.86 bits per heavy atom. The fourth-order valence-corrected chi connectivity index (χ4v) is 1.64. The lowest BCUT2D eigenvalue weighted by molar-refractivity contribution is 0.931. The smallest absolute Gasteiger partial charge is 0.107 e. The number of aryl methyl sites for hydroxylation is 1. The monoisotopic (exact) mass is 183 g/mol. The van der Waals surface area contributed by atoms with Gasteiger partial charge in [0.25, 0.3) is 0 Å². The van der Waals surface area contributed by atoms with Gasteiger partial charge in [-0.2, -0.15) is 0 Å². The largest absolute Gasteiger partial charge is 0.353 e. The van der Waals surface area contributed by atoms with Crippen LogP contribution in [0.3, 0.4) is 0 Å². The molecule has 0 aliphatic heterocycles. The maximum atomic E-state index is 4.52. The quantitative estimate of drug-likeness (QED) is 0.534. The van der Waals surface area contributed by atoms with Gasteiger partial charge in [-0.3, -0.25) is 0 Å². The zero-order valence-corrected chi connectivity index (χ0v) is 7.81. The molecule has 3 nitrogen and oxygen atoms in total. The Morgan fingerprint density at radius 2 is 1.36 bits per heavy atom. The summed E-state index contributed by atoms with van der Waals surface area (Å²) in [6.07, 6.45) is 3.96. The SMILES string of the molecule is Cn1cc2nc3ccccc3nc2c1. The second-order valence-corrected chi connectivity index (χ2v) is 3.41. The van der Waals surface area contributed by atoms with Crippen LogP contribution in [0.5, 0.6) is 0 Å². The molecule has 0 unspecified atom stereocenters. The molecular weight excluding hydrogens is 174 g/mol. The summed E-state index contributed by atoms with van der Waals surface area (Å²) in [5, 5.41) is 0. The number of hydrogen-bond acceptors (Lipinski definition) is 2. The number of rotatable bonds is 0. The van der Waals surface area contributed by atoms with Gasteiger partial charge >= 0.3 is 0 Å². The second-order valence-electron chi connectivity index (χ2n) is 3.41. The molecule has 0 spiro atoms. The molecule has 0 radical (unpaired) electrons. The van der Waals surface area contributed by atoms with Crippen molar-refractivity contribution < 1.29 is 0 Å². The van der Waals surface area contributed by atoms with Crippen molar-refractivity contribution in [1.82, 2.24) is 14.5 Å². The molecular formula is C11H9N3. The van der Waals surface area contributed by atoms with E-state index in [1.165, 1.54) is 0 Å². The van der Waals surface area contributed by atoms with Gasteiger partial charge in [-0.15, -0.1) is 0 Å². The third-order valence-corrected chi connectivity index (χ3v) is 2.28. The predicted octanol–water partition coefficient (Wildman–Crippen LogP) is 2.12. The standard InChI is InChI=1S/C11H9N3/c1-14-6-10-11(7-14)13-9-5-3-2-4-8(9)12-10/h2-7H,1H3. The van der Waals surface area contributed by atoms with Crippen molar-refractivity contribution in [2.75, 3.05) is 0 Å². The van der Waals surface area contributed by atoms with Crippen molar-refractivity contribution in [1.29, 1.82) is 0 Å². The minimum atomic E-state index is 0.950. The van der Waals surface area contributed by atoms with Crippen molar-refractivity contribution in [2.45, 2.75) is 0 Å². The highest BCUT2D eigenvalue weighted by atomic mass is 14.9. The lowest BCUT2D eigenvalue weighted by Crippen LogP contribution is -1.82. The van der Waals surface area contributed by atoms with E-state index in [1.54, 1.807) is 0 Å². The Kier molecular flexibility index (Phi) is 1.36. The lowest BCUT2D eigenvalue weighted by atomic mass is 10.3. The molecule has 0 aliphatic carbocycles. The molecule has 3 heteroatoms. The summed E-state index contributed by atoms with van der Waals surface area (Å²) in [6.45, 7) is 0. The molecule has 0 amide bonds. The van der Waals surface area contributed by atoms with E-state index in [0.717, 1.165) is 22.1 Å². The Bertz CT molecular complexity index is 558. The fraction of sp³-hybridized carbons (Fsp3) is 0.0909. The molecule has 0 aliphatic rings. The van der Waals surface area contributed by atoms with E-state index in [-0.39, 0.29) is 0 Å². The Labute approximate surface area is 81.0 Å². The normalized spacial score (nSPS) is 11.2. The number of aromatic nitrogens is 3. The fourth-order valence-electron chi connectivity index (χ4n) is 1.64. The summed E-state index contributed by atoms with van der Waals surface area (Å²) in [5.41, 5.74) is 3.80. The van der Waals surface area contributed by atoms with Crippen molar-refractivity contribution in [3.05, 3.63) is 36.7 Å². The molecule has 68 valence electrons. The van der Waals surface area contributed by atoms with Crippen LogP contribution in [0.4, 0.5) is 0 Å². The average Bonchev–Trinajstić information content (AvgIpc) is 2.53. The molecule has 14 heavy (non-hydrogen) atoms. The Morgan fingerprint density at radius 1 is 0.857 bits per heavy atom. The number of nitrogens with zero attached hydrogens (tertiary/aromatic N) is 3. The number of hydrogen-bond donors (Lipinski definition) is 0. The number of benzene rings is 1. The van der Waals surface area contributed by atoms with Gasteiger partial charge in [0, 0.05) is 19.4 Å². The summed E-state index contributed by atoms with van der Waals surface area (Å²) in [6, 6.07) is 7.92. The number of fused-ring (bicyclic) bond motifs is 2.